The highest BCUT2D eigenvalue weighted by atomic mass is 32.2. The van der Waals surface area contributed by atoms with Gasteiger partial charge in [0.05, 0.1) is 0 Å². The second kappa shape index (κ2) is 9.44. The van der Waals surface area contributed by atoms with Crippen molar-refractivity contribution in [3.8, 4) is 0 Å². The molecule has 0 aliphatic heterocycles. The van der Waals surface area contributed by atoms with E-state index in [0.29, 0.717) is 23.1 Å². The molecule has 174 valence electrons. The molecule has 10 heteroatoms. The van der Waals surface area contributed by atoms with Crippen LogP contribution in [0.25, 0.3) is 0 Å². The highest BCUT2D eigenvalue weighted by Crippen LogP contribution is 2.25. The maximum Gasteiger partial charge on any atom is 0.267 e. The second-order valence-electron chi connectivity index (χ2n) is 7.54. The van der Waals surface area contributed by atoms with Crippen LogP contribution in [0, 0.1) is 25.5 Å². The fraction of sp³-hybridized carbons (Fsp3) is 0.0833. The van der Waals surface area contributed by atoms with Crippen molar-refractivity contribution in [2.24, 2.45) is 0 Å². The van der Waals surface area contributed by atoms with E-state index in [1.54, 1.807) is 25.1 Å². The molecule has 0 saturated heterocycles. The van der Waals surface area contributed by atoms with Gasteiger partial charge in [0.2, 0.25) is 0 Å². The fourth-order valence-corrected chi connectivity index (χ4v) is 4.39. The summed E-state index contributed by atoms with van der Waals surface area (Å²) in [6, 6.07) is 18.7. The van der Waals surface area contributed by atoms with E-state index >= 15 is 0 Å². The van der Waals surface area contributed by atoms with Gasteiger partial charge in [0.25, 0.3) is 10.0 Å². The molecule has 3 N–H and O–H groups in total. The first-order chi connectivity index (χ1) is 16.2. The molecule has 34 heavy (non-hydrogen) atoms. The Morgan fingerprint density at radius 1 is 0.706 bits per heavy atom. The van der Waals surface area contributed by atoms with Crippen molar-refractivity contribution >= 4 is 38.7 Å². The molecular formula is C24H21F2N5O2S. The first-order valence-electron chi connectivity index (χ1n) is 10.2. The van der Waals surface area contributed by atoms with Crippen molar-refractivity contribution in [2.45, 2.75) is 18.7 Å². The molecule has 0 saturated carbocycles. The Bertz CT molecular complexity index is 1410. The van der Waals surface area contributed by atoms with Crippen LogP contribution < -0.4 is 15.4 Å². The number of hydrogen-bond acceptors (Lipinski definition) is 6. The van der Waals surface area contributed by atoms with Crippen LogP contribution in [-0.4, -0.2) is 18.4 Å². The van der Waals surface area contributed by atoms with E-state index in [1.807, 2.05) is 31.2 Å². The number of benzene rings is 3. The predicted molar refractivity (Wildman–Crippen MR) is 128 cm³/mol. The molecule has 1 heterocycles. The third-order valence-electron chi connectivity index (χ3n) is 4.76. The van der Waals surface area contributed by atoms with E-state index in [-0.39, 0.29) is 5.69 Å². The summed E-state index contributed by atoms with van der Waals surface area (Å²) in [5.41, 5.74) is 2.81. The van der Waals surface area contributed by atoms with Gasteiger partial charge in [0.1, 0.15) is 29.1 Å². The summed E-state index contributed by atoms with van der Waals surface area (Å²) in [5.74, 6) is -0.644. The Balaban J connectivity index is 1.48. The molecule has 3 aromatic carbocycles. The maximum absolute atomic E-state index is 13.9. The lowest BCUT2D eigenvalue weighted by Crippen LogP contribution is -2.16. The van der Waals surface area contributed by atoms with Gasteiger partial charge in [-0.15, -0.1) is 0 Å². The Morgan fingerprint density at radius 2 is 1.18 bits per heavy atom. The van der Waals surface area contributed by atoms with Crippen LogP contribution in [0.1, 0.15) is 11.4 Å². The lowest BCUT2D eigenvalue weighted by atomic mass is 10.2. The van der Waals surface area contributed by atoms with E-state index in [1.165, 1.54) is 12.1 Å². The van der Waals surface area contributed by atoms with Gasteiger partial charge in [-0.2, -0.15) is 0 Å². The van der Waals surface area contributed by atoms with Crippen molar-refractivity contribution in [3.63, 3.8) is 0 Å². The molecule has 4 rings (SSSR count). The molecule has 7 nitrogen and oxygen atoms in total. The first-order valence-corrected chi connectivity index (χ1v) is 11.7. The average Bonchev–Trinajstić information content (AvgIpc) is 2.76. The van der Waals surface area contributed by atoms with Crippen LogP contribution in [0.15, 0.2) is 77.7 Å². The van der Waals surface area contributed by atoms with Crippen molar-refractivity contribution in [3.05, 3.63) is 95.8 Å². The van der Waals surface area contributed by atoms with Gasteiger partial charge in [-0.25, -0.2) is 27.2 Å². The van der Waals surface area contributed by atoms with E-state index in [2.05, 4.69) is 25.3 Å². The molecule has 0 bridgehead atoms. The molecule has 0 aliphatic rings. The number of hydrogen-bond donors (Lipinski definition) is 3. The van der Waals surface area contributed by atoms with Crippen molar-refractivity contribution in [1.29, 1.82) is 0 Å². The summed E-state index contributed by atoms with van der Waals surface area (Å²) in [7, 11) is -4.44. The molecule has 0 aliphatic carbocycles. The van der Waals surface area contributed by atoms with Gasteiger partial charge in [-0.3, -0.25) is 4.72 Å². The van der Waals surface area contributed by atoms with Crippen LogP contribution >= 0.6 is 0 Å². The number of aryl methyl sites for hydroxylation is 2. The molecule has 0 spiro atoms. The molecule has 0 radical (unpaired) electrons. The number of anilines is 5. The monoisotopic (exact) mass is 481 g/mol. The molecular weight excluding hydrogens is 460 g/mol. The summed E-state index contributed by atoms with van der Waals surface area (Å²) in [4.78, 5) is 7.73. The SMILES string of the molecule is Cc1ccc(Nc2cc(Nc3ccc(NS(=O)(=O)c4c(F)cccc4F)cc3)nc(C)n2)cc1. The zero-order valence-electron chi connectivity index (χ0n) is 18.3. The van der Waals surface area contributed by atoms with E-state index in [4.69, 9.17) is 0 Å². The maximum atomic E-state index is 13.9. The molecule has 1 aromatic heterocycles. The van der Waals surface area contributed by atoms with Gasteiger partial charge in [-0.1, -0.05) is 23.8 Å². The predicted octanol–water partition coefficient (Wildman–Crippen LogP) is 5.66. The highest BCUT2D eigenvalue weighted by molar-refractivity contribution is 7.92. The van der Waals surface area contributed by atoms with Crippen molar-refractivity contribution in [2.75, 3.05) is 15.4 Å². The van der Waals surface area contributed by atoms with Gasteiger partial charge in [0.15, 0.2) is 4.90 Å². The smallest absolute Gasteiger partial charge is 0.267 e. The Labute approximate surface area is 196 Å². The summed E-state index contributed by atoms with van der Waals surface area (Å²) >= 11 is 0. The zero-order chi connectivity index (χ0) is 24.3. The molecule has 4 aromatic rings. The van der Waals surface area contributed by atoms with Crippen molar-refractivity contribution in [1.82, 2.24) is 9.97 Å². The molecule has 0 unspecified atom stereocenters. The largest absolute Gasteiger partial charge is 0.340 e. The Hall–Kier alpha value is -4.05. The number of nitrogens with zero attached hydrogens (tertiary/aromatic N) is 2. The van der Waals surface area contributed by atoms with Gasteiger partial charge < -0.3 is 10.6 Å². The number of halogens is 2. The topological polar surface area (TPSA) is 96.0 Å². The fourth-order valence-electron chi connectivity index (χ4n) is 3.20. The first kappa shape index (κ1) is 23.1. The standard InChI is InChI=1S/C24H21F2N5O2S/c1-15-6-8-17(9-7-15)29-22-14-23(28-16(2)27-22)30-18-10-12-19(13-11-18)31-34(32,33)24-20(25)4-3-5-21(24)26/h3-14,31H,1-2H3,(H2,27,28,29,30). The van der Waals surface area contributed by atoms with Crippen molar-refractivity contribution < 1.29 is 17.2 Å². The van der Waals surface area contributed by atoms with Gasteiger partial charge in [-0.05, 0) is 62.4 Å². The van der Waals surface area contributed by atoms with Crippen LogP contribution in [-0.2, 0) is 10.0 Å². The molecule has 0 amide bonds. The summed E-state index contributed by atoms with van der Waals surface area (Å²) < 4.78 is 54.8. The summed E-state index contributed by atoms with van der Waals surface area (Å²) in [6.07, 6.45) is 0. The minimum Gasteiger partial charge on any atom is -0.340 e. The zero-order valence-corrected chi connectivity index (χ0v) is 19.1. The van der Waals surface area contributed by atoms with E-state index in [9.17, 15) is 17.2 Å². The van der Waals surface area contributed by atoms with E-state index < -0.39 is 26.6 Å². The normalized spacial score (nSPS) is 11.2. The third-order valence-corrected chi connectivity index (χ3v) is 6.19. The summed E-state index contributed by atoms with van der Waals surface area (Å²) in [5, 5.41) is 6.36. The Morgan fingerprint density at radius 3 is 1.71 bits per heavy atom. The van der Waals surface area contributed by atoms with Crippen LogP contribution in [0.4, 0.5) is 37.5 Å². The van der Waals surface area contributed by atoms with Gasteiger partial charge in [0, 0.05) is 23.1 Å². The Kier molecular flexibility index (Phi) is 6.42. The molecule has 0 fully saturated rings. The van der Waals surface area contributed by atoms with Crippen LogP contribution in [0.3, 0.4) is 0 Å². The van der Waals surface area contributed by atoms with Gasteiger partial charge >= 0.3 is 0 Å². The second-order valence-corrected chi connectivity index (χ2v) is 9.15. The lowest BCUT2D eigenvalue weighted by Gasteiger charge is -2.12. The highest BCUT2D eigenvalue weighted by Gasteiger charge is 2.23. The third kappa shape index (κ3) is 5.46. The molecule has 0 atom stereocenters. The quantitative estimate of drug-likeness (QED) is 0.315. The number of aromatic nitrogens is 2. The number of rotatable bonds is 7. The average molecular weight is 482 g/mol. The van der Waals surface area contributed by atoms with E-state index in [0.717, 1.165) is 29.4 Å². The minimum atomic E-state index is -4.44. The lowest BCUT2D eigenvalue weighted by molar-refractivity contribution is 0.521. The number of sulfonamides is 1. The van der Waals surface area contributed by atoms with Crippen LogP contribution in [0.2, 0.25) is 0 Å². The van der Waals surface area contributed by atoms with Crippen LogP contribution in [0.5, 0.6) is 0 Å². The minimum absolute atomic E-state index is 0.147. The number of nitrogens with one attached hydrogen (secondary N) is 3. The summed E-state index contributed by atoms with van der Waals surface area (Å²) in [6.45, 7) is 3.78.